The Morgan fingerprint density at radius 3 is 2.27 bits per heavy atom. The van der Waals surface area contributed by atoms with Crippen molar-refractivity contribution in [2.75, 3.05) is 26.9 Å². The number of methoxy groups -OCH3 is 1. The smallest absolute Gasteiger partial charge is 0.341 e. The van der Waals surface area contributed by atoms with Gasteiger partial charge in [-0.05, 0) is 50.7 Å². The number of nitrogens with zero attached hydrogens (tertiary/aromatic N) is 1. The molecule has 1 aromatic carbocycles. The van der Waals surface area contributed by atoms with Gasteiger partial charge < -0.3 is 23.7 Å². The van der Waals surface area contributed by atoms with Crippen LogP contribution in [0.3, 0.4) is 0 Å². The lowest BCUT2D eigenvalue weighted by atomic mass is 9.91. The molecule has 0 amide bonds. The number of aliphatic imine (C=N–C) groups is 1. The number of ether oxygens (including phenoxy) is 5. The van der Waals surface area contributed by atoms with E-state index in [2.05, 4.69) is 24.1 Å². The second-order valence-electron chi connectivity index (χ2n) is 11.0. The first-order chi connectivity index (χ1) is 19.9. The van der Waals surface area contributed by atoms with Crippen molar-refractivity contribution in [3.8, 4) is 0 Å². The molecule has 3 rings (SSSR count). The summed E-state index contributed by atoms with van der Waals surface area (Å²) in [6.45, 7) is 4.75. The maximum atomic E-state index is 12.9. The first-order valence-corrected chi connectivity index (χ1v) is 15.4. The van der Waals surface area contributed by atoms with Crippen LogP contribution >= 0.6 is 0 Å². The van der Waals surface area contributed by atoms with Gasteiger partial charge in [0.05, 0.1) is 20.3 Å². The Labute approximate surface area is 245 Å². The summed E-state index contributed by atoms with van der Waals surface area (Å²) in [7, 11) is 1.31. The molecule has 0 spiro atoms. The van der Waals surface area contributed by atoms with E-state index >= 15 is 0 Å². The molecule has 2 atom stereocenters. The summed E-state index contributed by atoms with van der Waals surface area (Å²) >= 11 is 0. The number of esters is 2. The molecule has 0 unspecified atom stereocenters. The highest BCUT2D eigenvalue weighted by Gasteiger charge is 2.54. The minimum absolute atomic E-state index is 0.226. The van der Waals surface area contributed by atoms with Crippen molar-refractivity contribution in [3.05, 3.63) is 48.0 Å². The molecule has 8 heteroatoms. The molecule has 0 aromatic heterocycles. The van der Waals surface area contributed by atoms with Crippen LogP contribution < -0.4 is 0 Å². The monoisotopic (exact) mass is 571 g/mol. The van der Waals surface area contributed by atoms with E-state index in [1.807, 2.05) is 30.3 Å². The van der Waals surface area contributed by atoms with Crippen molar-refractivity contribution in [1.29, 1.82) is 0 Å². The second-order valence-corrected chi connectivity index (χ2v) is 11.0. The molecule has 1 fully saturated rings. The van der Waals surface area contributed by atoms with Crippen LogP contribution in [-0.2, 0) is 33.3 Å². The molecule has 0 N–H and O–H groups in total. The molecule has 1 aromatic rings. The van der Waals surface area contributed by atoms with Gasteiger partial charge in [0, 0.05) is 25.3 Å². The lowest BCUT2D eigenvalue weighted by molar-refractivity contribution is -0.168. The molecule has 0 radical (unpaired) electrons. The van der Waals surface area contributed by atoms with Gasteiger partial charge in [-0.3, -0.25) is 4.79 Å². The van der Waals surface area contributed by atoms with Crippen molar-refractivity contribution in [1.82, 2.24) is 0 Å². The van der Waals surface area contributed by atoms with Crippen molar-refractivity contribution in [2.45, 2.75) is 115 Å². The van der Waals surface area contributed by atoms with Gasteiger partial charge in [-0.1, -0.05) is 69.4 Å². The van der Waals surface area contributed by atoms with Gasteiger partial charge >= 0.3 is 11.9 Å². The van der Waals surface area contributed by atoms with E-state index in [0.29, 0.717) is 32.0 Å². The number of carbonyl (C=O) groups is 2. The van der Waals surface area contributed by atoms with E-state index in [1.165, 1.54) is 52.6 Å². The Kier molecular flexibility index (Phi) is 13.8. The largest absolute Gasteiger partial charge is 0.471 e. The lowest BCUT2D eigenvalue weighted by Gasteiger charge is -2.27. The zero-order valence-corrected chi connectivity index (χ0v) is 25.2. The zero-order valence-electron chi connectivity index (χ0n) is 25.2. The molecule has 0 saturated carbocycles. The van der Waals surface area contributed by atoms with Crippen LogP contribution in [0.25, 0.3) is 0 Å². The van der Waals surface area contributed by atoms with Gasteiger partial charge in [-0.15, -0.1) is 0 Å². The van der Waals surface area contributed by atoms with Gasteiger partial charge in [0.1, 0.15) is 12.7 Å². The van der Waals surface area contributed by atoms with Crippen LogP contribution in [0.1, 0.15) is 103 Å². The number of benzene rings is 1. The van der Waals surface area contributed by atoms with Gasteiger partial charge in [-0.2, -0.15) is 0 Å². The standard InChI is InChI=1S/C33H49NO7/c1-4-5-6-17-22-32(39-24-25-40-32)23-18-12-10-8-7-9-11-16-21-29-33(31(36)37-3,26-38-27(2)35)34-30(41-29)28-19-14-13-15-20-28/h9,11,13-15,19-20,29H,4-8,10,12,16-18,21-26H2,1-3H3/b11-9+/t29-,33-/m0/s1. The molecule has 2 heterocycles. The molecule has 41 heavy (non-hydrogen) atoms. The van der Waals surface area contributed by atoms with E-state index in [4.69, 9.17) is 23.7 Å². The first-order valence-electron chi connectivity index (χ1n) is 15.4. The maximum Gasteiger partial charge on any atom is 0.341 e. The first kappa shape index (κ1) is 32.8. The maximum absolute atomic E-state index is 12.9. The van der Waals surface area contributed by atoms with Gasteiger partial charge in [0.2, 0.25) is 11.4 Å². The third kappa shape index (κ3) is 9.96. The summed E-state index contributed by atoms with van der Waals surface area (Å²) in [6, 6.07) is 9.41. The minimum Gasteiger partial charge on any atom is -0.471 e. The van der Waals surface area contributed by atoms with Gasteiger partial charge in [0.25, 0.3) is 0 Å². The third-order valence-electron chi connectivity index (χ3n) is 7.81. The summed E-state index contributed by atoms with van der Waals surface area (Å²) in [4.78, 5) is 29.2. The second kappa shape index (κ2) is 17.3. The molecule has 228 valence electrons. The predicted molar refractivity (Wildman–Crippen MR) is 159 cm³/mol. The molecular weight excluding hydrogens is 522 g/mol. The van der Waals surface area contributed by atoms with Crippen LogP contribution in [0.15, 0.2) is 47.5 Å². The normalized spacial score (nSPS) is 21.5. The number of hydrogen-bond donors (Lipinski definition) is 0. The van der Waals surface area contributed by atoms with Gasteiger partial charge in [-0.25, -0.2) is 9.79 Å². The summed E-state index contributed by atoms with van der Waals surface area (Å²) in [5.41, 5.74) is -0.672. The number of unbranched alkanes of at least 4 members (excludes halogenated alkanes) is 7. The summed E-state index contributed by atoms with van der Waals surface area (Å²) in [5, 5.41) is 0. The molecule has 2 aliphatic rings. The fourth-order valence-electron chi connectivity index (χ4n) is 5.50. The SMILES string of the molecule is CCCCCCC1(CCCCCC/C=C/CC[C@@H]2OC(c3ccccc3)=N[C@]2(COC(C)=O)C(=O)OC)OCCO1. The summed E-state index contributed by atoms with van der Waals surface area (Å²) in [5.74, 6) is -1.04. The van der Waals surface area contributed by atoms with E-state index in [0.717, 1.165) is 37.7 Å². The number of hydrogen-bond acceptors (Lipinski definition) is 8. The number of carbonyl (C=O) groups excluding carboxylic acids is 2. The van der Waals surface area contributed by atoms with Gasteiger partial charge in [0.15, 0.2) is 5.79 Å². The molecular formula is C33H49NO7. The Bertz CT molecular complexity index is 987. The Hall–Kier alpha value is -2.71. The third-order valence-corrected chi connectivity index (χ3v) is 7.81. The van der Waals surface area contributed by atoms with Crippen LogP contribution in [0.2, 0.25) is 0 Å². The highest BCUT2D eigenvalue weighted by molar-refractivity contribution is 5.99. The van der Waals surface area contributed by atoms with E-state index in [1.54, 1.807) is 0 Å². The average Bonchev–Trinajstić information content (AvgIpc) is 3.61. The van der Waals surface area contributed by atoms with E-state index in [-0.39, 0.29) is 12.4 Å². The molecule has 0 aliphatic carbocycles. The molecule has 2 aliphatic heterocycles. The van der Waals surface area contributed by atoms with Crippen LogP contribution in [0.5, 0.6) is 0 Å². The summed E-state index contributed by atoms with van der Waals surface area (Å²) in [6.07, 6.45) is 17.5. The van der Waals surface area contributed by atoms with Crippen LogP contribution in [-0.4, -0.2) is 62.2 Å². The predicted octanol–water partition coefficient (Wildman–Crippen LogP) is 6.70. The Morgan fingerprint density at radius 1 is 0.951 bits per heavy atom. The number of rotatable bonds is 19. The van der Waals surface area contributed by atoms with E-state index < -0.39 is 23.6 Å². The quantitative estimate of drug-likeness (QED) is 0.104. The molecule has 8 nitrogen and oxygen atoms in total. The average molecular weight is 572 g/mol. The highest BCUT2D eigenvalue weighted by atomic mass is 16.7. The fraction of sp³-hybridized carbons (Fsp3) is 0.667. The molecule has 1 saturated heterocycles. The van der Waals surface area contributed by atoms with Crippen molar-refractivity contribution in [2.24, 2.45) is 4.99 Å². The Balaban J connectivity index is 1.43. The van der Waals surface area contributed by atoms with Crippen LogP contribution in [0, 0.1) is 0 Å². The topological polar surface area (TPSA) is 92.7 Å². The molecule has 0 bridgehead atoms. The zero-order chi connectivity index (χ0) is 29.4. The fourth-order valence-corrected chi connectivity index (χ4v) is 5.50. The van der Waals surface area contributed by atoms with Crippen molar-refractivity contribution in [3.63, 3.8) is 0 Å². The number of allylic oxidation sites excluding steroid dienone is 2. The highest BCUT2D eigenvalue weighted by Crippen LogP contribution is 2.34. The van der Waals surface area contributed by atoms with Crippen molar-refractivity contribution < 1.29 is 33.3 Å². The lowest BCUT2D eigenvalue weighted by Crippen LogP contribution is -2.50. The van der Waals surface area contributed by atoms with E-state index in [9.17, 15) is 9.59 Å². The Morgan fingerprint density at radius 2 is 1.61 bits per heavy atom. The van der Waals surface area contributed by atoms with Crippen LogP contribution in [0.4, 0.5) is 0 Å². The minimum atomic E-state index is -1.43. The summed E-state index contributed by atoms with van der Waals surface area (Å²) < 4.78 is 28.6. The van der Waals surface area contributed by atoms with Crippen molar-refractivity contribution >= 4 is 17.8 Å².